The average molecular weight is 293 g/mol. The topological polar surface area (TPSA) is 109 Å². The van der Waals surface area contributed by atoms with Gasteiger partial charge in [-0.1, -0.05) is 42.1 Å². The highest BCUT2D eigenvalue weighted by atomic mass is 32.2. The lowest BCUT2D eigenvalue weighted by Crippen LogP contribution is -2.31. The third-order valence-corrected chi connectivity index (χ3v) is 3.58. The van der Waals surface area contributed by atoms with E-state index in [9.17, 15) is 4.79 Å². The average Bonchev–Trinajstić information content (AvgIpc) is 2.43. The molecule has 0 saturated carbocycles. The molecule has 108 valence electrons. The Bertz CT molecular complexity index is 499. The molecule has 1 aromatic carbocycles. The largest absolute Gasteiger partial charge is 0.370 e. The summed E-state index contributed by atoms with van der Waals surface area (Å²) in [6.07, 6.45) is 0. The van der Waals surface area contributed by atoms with Crippen LogP contribution in [0, 0.1) is 5.41 Å². The molecule has 0 bridgehead atoms. The number of rotatable bonds is 4. The number of aliphatic imine (C=N–C) groups is 1. The molecular formula is C13H19N5OS. The monoisotopic (exact) mass is 293 g/mol. The summed E-state index contributed by atoms with van der Waals surface area (Å²) in [7, 11) is 1.74. The molecule has 5 N–H and O–H groups in total. The third-order valence-electron chi connectivity index (χ3n) is 2.82. The summed E-state index contributed by atoms with van der Waals surface area (Å²) in [5.74, 6) is -0.133. The van der Waals surface area contributed by atoms with Crippen LogP contribution in [0.25, 0.3) is 0 Å². The first kappa shape index (κ1) is 16.0. The molecule has 1 unspecified atom stereocenters. The van der Waals surface area contributed by atoms with Gasteiger partial charge in [0.05, 0.1) is 11.8 Å². The molecule has 0 radical (unpaired) electrons. The van der Waals surface area contributed by atoms with E-state index >= 15 is 0 Å². The minimum atomic E-state index is -0.180. The summed E-state index contributed by atoms with van der Waals surface area (Å²) in [5, 5.41) is 7.40. The van der Waals surface area contributed by atoms with Gasteiger partial charge in [0.1, 0.15) is 0 Å². The van der Waals surface area contributed by atoms with Crippen molar-refractivity contribution >= 4 is 28.8 Å². The van der Waals surface area contributed by atoms with Crippen molar-refractivity contribution in [3.63, 3.8) is 0 Å². The molecule has 0 aliphatic carbocycles. The first-order chi connectivity index (χ1) is 9.41. The third kappa shape index (κ3) is 4.93. The zero-order valence-electron chi connectivity index (χ0n) is 11.5. The molecule has 0 aliphatic heterocycles. The molecule has 0 aliphatic rings. The Hall–Kier alpha value is -2.02. The van der Waals surface area contributed by atoms with E-state index in [0.29, 0.717) is 0 Å². The molecule has 0 spiro atoms. The van der Waals surface area contributed by atoms with Gasteiger partial charge in [0, 0.05) is 7.05 Å². The molecule has 6 nitrogen and oxygen atoms in total. The van der Waals surface area contributed by atoms with Crippen molar-refractivity contribution in [2.75, 3.05) is 12.8 Å². The molecule has 0 saturated heterocycles. The number of amides is 1. The molecule has 0 heterocycles. The van der Waals surface area contributed by atoms with Crippen LogP contribution < -0.4 is 11.5 Å². The van der Waals surface area contributed by atoms with Crippen LogP contribution in [0.15, 0.2) is 35.3 Å². The van der Waals surface area contributed by atoms with Crippen LogP contribution in [0.3, 0.4) is 0 Å². The molecule has 0 fully saturated rings. The SMILES string of the molecule is CC(c1ccccc1)N(C)C(=O)CSC(=N)N=C(N)N. The van der Waals surface area contributed by atoms with Crippen LogP contribution in [0.2, 0.25) is 0 Å². The second kappa shape index (κ2) is 7.54. The van der Waals surface area contributed by atoms with Crippen molar-refractivity contribution in [3.05, 3.63) is 35.9 Å². The van der Waals surface area contributed by atoms with E-state index in [1.165, 1.54) is 0 Å². The van der Waals surface area contributed by atoms with Crippen LogP contribution >= 0.6 is 11.8 Å². The van der Waals surface area contributed by atoms with Gasteiger partial charge >= 0.3 is 0 Å². The van der Waals surface area contributed by atoms with E-state index < -0.39 is 0 Å². The van der Waals surface area contributed by atoms with Gasteiger partial charge in [-0.15, -0.1) is 0 Å². The summed E-state index contributed by atoms with van der Waals surface area (Å²) in [6.45, 7) is 1.96. The fraction of sp³-hybridized carbons (Fsp3) is 0.308. The second-order valence-corrected chi connectivity index (χ2v) is 5.19. The number of thioether (sulfide) groups is 1. The number of nitrogens with one attached hydrogen (secondary N) is 1. The Morgan fingerprint density at radius 1 is 1.40 bits per heavy atom. The summed E-state index contributed by atoms with van der Waals surface area (Å²) in [6, 6.07) is 9.73. The fourth-order valence-electron chi connectivity index (χ4n) is 1.55. The highest BCUT2D eigenvalue weighted by Crippen LogP contribution is 2.19. The predicted octanol–water partition coefficient (Wildman–Crippen LogP) is 1.15. The van der Waals surface area contributed by atoms with Crippen LogP contribution in [0.5, 0.6) is 0 Å². The molecule has 7 heteroatoms. The molecule has 1 aromatic rings. The van der Waals surface area contributed by atoms with Gasteiger partial charge in [0.15, 0.2) is 11.1 Å². The van der Waals surface area contributed by atoms with E-state index in [0.717, 1.165) is 17.3 Å². The highest BCUT2D eigenvalue weighted by Gasteiger charge is 2.17. The van der Waals surface area contributed by atoms with E-state index in [2.05, 4.69) is 4.99 Å². The minimum Gasteiger partial charge on any atom is -0.370 e. The predicted molar refractivity (Wildman–Crippen MR) is 83.6 cm³/mol. The summed E-state index contributed by atoms with van der Waals surface area (Å²) in [5.41, 5.74) is 11.4. The number of benzene rings is 1. The van der Waals surface area contributed by atoms with E-state index in [4.69, 9.17) is 16.9 Å². The fourth-order valence-corrected chi connectivity index (χ4v) is 2.19. The van der Waals surface area contributed by atoms with Gasteiger partial charge in [0.2, 0.25) is 5.91 Å². The van der Waals surface area contributed by atoms with Gasteiger partial charge in [-0.2, -0.15) is 4.99 Å². The van der Waals surface area contributed by atoms with Crippen molar-refractivity contribution in [2.24, 2.45) is 16.5 Å². The van der Waals surface area contributed by atoms with E-state index in [-0.39, 0.29) is 28.8 Å². The zero-order chi connectivity index (χ0) is 15.1. The lowest BCUT2D eigenvalue weighted by molar-refractivity contribution is -0.128. The molecule has 1 rings (SSSR count). The summed E-state index contributed by atoms with van der Waals surface area (Å²) in [4.78, 5) is 17.2. The first-order valence-electron chi connectivity index (χ1n) is 6.03. The van der Waals surface area contributed by atoms with Gasteiger partial charge < -0.3 is 16.4 Å². The van der Waals surface area contributed by atoms with Crippen LogP contribution in [0.4, 0.5) is 0 Å². The number of hydrogen-bond donors (Lipinski definition) is 3. The number of amidine groups is 1. The molecular weight excluding hydrogens is 274 g/mol. The molecule has 1 amide bonds. The van der Waals surface area contributed by atoms with Crippen LogP contribution in [-0.2, 0) is 4.79 Å². The summed E-state index contributed by atoms with van der Waals surface area (Å²) < 4.78 is 0. The van der Waals surface area contributed by atoms with Gasteiger partial charge in [0.25, 0.3) is 0 Å². The maximum atomic E-state index is 12.0. The molecule has 1 atom stereocenters. The maximum absolute atomic E-state index is 12.0. The zero-order valence-corrected chi connectivity index (χ0v) is 12.4. The second-order valence-electron chi connectivity index (χ2n) is 4.22. The van der Waals surface area contributed by atoms with Crippen molar-refractivity contribution in [3.8, 4) is 0 Å². The smallest absolute Gasteiger partial charge is 0.233 e. The van der Waals surface area contributed by atoms with Crippen molar-refractivity contribution in [2.45, 2.75) is 13.0 Å². The maximum Gasteiger partial charge on any atom is 0.233 e. The Morgan fingerprint density at radius 3 is 2.55 bits per heavy atom. The lowest BCUT2D eigenvalue weighted by atomic mass is 10.1. The Balaban J connectivity index is 2.55. The number of carbonyl (C=O) groups excluding carboxylic acids is 1. The first-order valence-corrected chi connectivity index (χ1v) is 7.02. The summed E-state index contributed by atoms with van der Waals surface area (Å²) >= 11 is 0.998. The van der Waals surface area contributed by atoms with Crippen LogP contribution in [0.1, 0.15) is 18.5 Å². The minimum absolute atomic E-state index is 0.0263. The Morgan fingerprint density at radius 2 is 2.00 bits per heavy atom. The molecule has 0 aromatic heterocycles. The number of nitrogens with zero attached hydrogens (tertiary/aromatic N) is 2. The lowest BCUT2D eigenvalue weighted by Gasteiger charge is -2.25. The van der Waals surface area contributed by atoms with Crippen LogP contribution in [-0.4, -0.2) is 34.7 Å². The Labute approximate surface area is 122 Å². The number of carbonyl (C=O) groups is 1. The van der Waals surface area contributed by atoms with E-state index in [1.807, 2.05) is 37.3 Å². The number of hydrogen-bond acceptors (Lipinski definition) is 3. The van der Waals surface area contributed by atoms with Gasteiger partial charge in [-0.25, -0.2) is 0 Å². The highest BCUT2D eigenvalue weighted by molar-refractivity contribution is 8.14. The van der Waals surface area contributed by atoms with Crippen molar-refractivity contribution < 1.29 is 4.79 Å². The number of nitrogens with two attached hydrogens (primary N) is 2. The van der Waals surface area contributed by atoms with Crippen molar-refractivity contribution in [1.82, 2.24) is 4.90 Å². The normalized spacial score (nSPS) is 11.5. The van der Waals surface area contributed by atoms with Crippen molar-refractivity contribution in [1.29, 1.82) is 5.41 Å². The quantitative estimate of drug-likeness (QED) is 0.571. The van der Waals surface area contributed by atoms with E-state index in [1.54, 1.807) is 11.9 Å². The molecule has 20 heavy (non-hydrogen) atoms. The van der Waals surface area contributed by atoms with Gasteiger partial charge in [-0.05, 0) is 12.5 Å². The standard InChI is InChI=1S/C13H19N5OS/c1-9(10-6-4-3-5-7-10)18(2)11(19)8-20-13(16)17-12(14)15/h3-7,9H,8H2,1-2H3,(H5,14,15,16,17). The Kier molecular flexibility index (Phi) is 6.05. The van der Waals surface area contributed by atoms with Gasteiger partial charge in [-0.3, -0.25) is 10.2 Å². The number of guanidine groups is 1.